The highest BCUT2D eigenvalue weighted by Crippen LogP contribution is 2.33. The van der Waals surface area contributed by atoms with Gasteiger partial charge in [-0.05, 0) is 73.7 Å². The molecule has 4 rings (SSSR count). The molecule has 10 heteroatoms. The Labute approximate surface area is 228 Å². The molecule has 8 nitrogen and oxygen atoms in total. The van der Waals surface area contributed by atoms with Crippen molar-refractivity contribution in [2.24, 2.45) is 0 Å². The van der Waals surface area contributed by atoms with E-state index >= 15 is 0 Å². The quantitative estimate of drug-likeness (QED) is 0.353. The standard InChI is InChI=1S/C28H31N3O5S2/c1-3-36-26-11-5-4-10-25(26)31(38(34,35)24-15-13-23(37-2)14-16-24)20-27(32)29-19-21-8-6-9-22(18-21)30-17-7-12-28(30)33/h4-6,8-11,13-16,18H,3,7,12,17,19-20H2,1-2H3,(H,29,32). The van der Waals surface area contributed by atoms with Gasteiger partial charge in [-0.2, -0.15) is 0 Å². The molecule has 0 aliphatic carbocycles. The van der Waals surface area contributed by atoms with E-state index in [1.807, 2.05) is 37.4 Å². The maximum atomic E-state index is 13.8. The van der Waals surface area contributed by atoms with E-state index in [-0.39, 0.29) is 23.0 Å². The normalized spacial score (nSPS) is 13.4. The van der Waals surface area contributed by atoms with Crippen LogP contribution in [0.5, 0.6) is 5.75 Å². The molecule has 0 unspecified atom stereocenters. The lowest BCUT2D eigenvalue weighted by atomic mass is 10.2. The summed E-state index contributed by atoms with van der Waals surface area (Å²) in [5.74, 6) is -0.0103. The number of nitrogens with one attached hydrogen (secondary N) is 1. The van der Waals surface area contributed by atoms with Crippen LogP contribution in [0, 0.1) is 0 Å². The Morgan fingerprint density at radius 2 is 1.84 bits per heavy atom. The first-order valence-electron chi connectivity index (χ1n) is 12.4. The van der Waals surface area contributed by atoms with Crippen LogP contribution < -0.4 is 19.3 Å². The molecule has 1 fully saturated rings. The third kappa shape index (κ3) is 6.31. The SMILES string of the molecule is CCOc1ccccc1N(CC(=O)NCc1cccc(N2CCCC2=O)c1)S(=O)(=O)c1ccc(SC)cc1. The minimum Gasteiger partial charge on any atom is -0.492 e. The lowest BCUT2D eigenvalue weighted by molar-refractivity contribution is -0.120. The fraction of sp³-hybridized carbons (Fsp3) is 0.286. The van der Waals surface area contributed by atoms with Crippen molar-refractivity contribution in [3.05, 3.63) is 78.4 Å². The van der Waals surface area contributed by atoms with E-state index in [0.717, 1.165) is 26.9 Å². The molecule has 2 amide bonds. The molecule has 0 aromatic heterocycles. The smallest absolute Gasteiger partial charge is 0.264 e. The number of hydrogen-bond donors (Lipinski definition) is 1. The van der Waals surface area contributed by atoms with Crippen molar-refractivity contribution in [3.8, 4) is 5.75 Å². The van der Waals surface area contributed by atoms with Crippen LogP contribution in [0.2, 0.25) is 0 Å². The highest BCUT2D eigenvalue weighted by molar-refractivity contribution is 7.98. The third-order valence-electron chi connectivity index (χ3n) is 6.15. The molecule has 38 heavy (non-hydrogen) atoms. The Hall–Kier alpha value is -3.50. The first-order chi connectivity index (χ1) is 18.3. The molecular weight excluding hydrogens is 522 g/mol. The number of para-hydroxylation sites is 2. The van der Waals surface area contributed by atoms with Gasteiger partial charge in [-0.25, -0.2) is 8.42 Å². The van der Waals surface area contributed by atoms with E-state index < -0.39 is 22.5 Å². The topological polar surface area (TPSA) is 96.0 Å². The minimum atomic E-state index is -4.08. The minimum absolute atomic E-state index is 0.0809. The second kappa shape index (κ2) is 12.4. The van der Waals surface area contributed by atoms with Crippen LogP contribution >= 0.6 is 11.8 Å². The van der Waals surface area contributed by atoms with Crippen molar-refractivity contribution in [1.29, 1.82) is 0 Å². The molecule has 0 atom stereocenters. The van der Waals surface area contributed by atoms with E-state index in [1.165, 1.54) is 11.8 Å². The summed E-state index contributed by atoms with van der Waals surface area (Å²) in [6.45, 7) is 2.60. The van der Waals surface area contributed by atoms with Gasteiger partial charge in [0, 0.05) is 30.1 Å². The van der Waals surface area contributed by atoms with Gasteiger partial charge in [0.1, 0.15) is 12.3 Å². The summed E-state index contributed by atoms with van der Waals surface area (Å²) < 4.78 is 34.3. The van der Waals surface area contributed by atoms with Crippen LogP contribution in [0.15, 0.2) is 82.6 Å². The van der Waals surface area contributed by atoms with E-state index in [0.29, 0.717) is 25.3 Å². The molecule has 1 aliphatic rings. The van der Waals surface area contributed by atoms with Crippen LogP contribution in [0.1, 0.15) is 25.3 Å². The number of amides is 2. The lowest BCUT2D eigenvalue weighted by Crippen LogP contribution is -2.41. The summed E-state index contributed by atoms with van der Waals surface area (Å²) in [4.78, 5) is 28.0. The van der Waals surface area contributed by atoms with Gasteiger partial charge in [0.2, 0.25) is 11.8 Å². The van der Waals surface area contributed by atoms with Crippen LogP contribution in [0.25, 0.3) is 0 Å². The van der Waals surface area contributed by atoms with Crippen molar-refractivity contribution in [1.82, 2.24) is 5.32 Å². The first-order valence-corrected chi connectivity index (χ1v) is 15.0. The summed E-state index contributed by atoms with van der Waals surface area (Å²) >= 11 is 1.51. The second-order valence-corrected chi connectivity index (χ2v) is 11.4. The molecule has 0 spiro atoms. The summed E-state index contributed by atoms with van der Waals surface area (Å²) in [7, 11) is -4.08. The van der Waals surface area contributed by atoms with Crippen LogP contribution in [-0.4, -0.2) is 46.2 Å². The lowest BCUT2D eigenvalue weighted by Gasteiger charge is -2.26. The molecule has 0 bridgehead atoms. The Morgan fingerprint density at radius 3 is 2.53 bits per heavy atom. The summed E-state index contributed by atoms with van der Waals surface area (Å²) in [5.41, 5.74) is 1.89. The molecule has 0 radical (unpaired) electrons. The van der Waals surface area contributed by atoms with Crippen molar-refractivity contribution in [2.75, 3.05) is 35.2 Å². The van der Waals surface area contributed by atoms with Crippen molar-refractivity contribution in [3.63, 3.8) is 0 Å². The number of ether oxygens (including phenoxy) is 1. The molecule has 0 saturated carbocycles. The number of nitrogens with zero attached hydrogens (tertiary/aromatic N) is 2. The molecule has 200 valence electrons. The maximum absolute atomic E-state index is 13.8. The van der Waals surface area contributed by atoms with Crippen molar-refractivity contribution in [2.45, 2.75) is 36.1 Å². The highest BCUT2D eigenvalue weighted by Gasteiger charge is 2.29. The first kappa shape index (κ1) is 27.5. The van der Waals surface area contributed by atoms with Gasteiger partial charge in [-0.1, -0.05) is 24.3 Å². The molecule has 1 aliphatic heterocycles. The number of carbonyl (C=O) groups is 2. The maximum Gasteiger partial charge on any atom is 0.264 e. The van der Waals surface area contributed by atoms with E-state index in [4.69, 9.17) is 4.74 Å². The molecule has 3 aromatic carbocycles. The monoisotopic (exact) mass is 553 g/mol. The van der Waals surface area contributed by atoms with Gasteiger partial charge in [0.15, 0.2) is 0 Å². The predicted molar refractivity (Wildman–Crippen MR) is 150 cm³/mol. The van der Waals surface area contributed by atoms with Gasteiger partial charge >= 0.3 is 0 Å². The van der Waals surface area contributed by atoms with Crippen LogP contribution in [-0.2, 0) is 26.2 Å². The fourth-order valence-electron chi connectivity index (χ4n) is 4.26. The molecular formula is C28H31N3O5S2. The van der Waals surface area contributed by atoms with E-state index in [2.05, 4.69) is 5.32 Å². The zero-order chi connectivity index (χ0) is 27.1. The Morgan fingerprint density at radius 1 is 1.08 bits per heavy atom. The van der Waals surface area contributed by atoms with Crippen LogP contribution in [0.4, 0.5) is 11.4 Å². The van der Waals surface area contributed by atoms with E-state index in [9.17, 15) is 18.0 Å². The second-order valence-electron chi connectivity index (χ2n) is 8.68. The third-order valence-corrected chi connectivity index (χ3v) is 8.67. The number of anilines is 2. The molecule has 3 aromatic rings. The Kier molecular flexibility index (Phi) is 8.96. The van der Waals surface area contributed by atoms with Gasteiger partial charge in [-0.15, -0.1) is 11.8 Å². The zero-order valence-electron chi connectivity index (χ0n) is 21.4. The fourth-order valence-corrected chi connectivity index (χ4v) is 6.10. The van der Waals surface area contributed by atoms with Gasteiger partial charge < -0.3 is 15.0 Å². The van der Waals surface area contributed by atoms with Crippen LogP contribution in [0.3, 0.4) is 0 Å². The average molecular weight is 554 g/mol. The zero-order valence-corrected chi connectivity index (χ0v) is 23.1. The predicted octanol–water partition coefficient (Wildman–Crippen LogP) is 4.45. The summed E-state index contributed by atoms with van der Waals surface area (Å²) in [6, 6.07) is 20.8. The summed E-state index contributed by atoms with van der Waals surface area (Å²) in [5, 5.41) is 2.83. The highest BCUT2D eigenvalue weighted by atomic mass is 32.2. The number of hydrogen-bond acceptors (Lipinski definition) is 6. The van der Waals surface area contributed by atoms with Gasteiger partial charge in [0.25, 0.3) is 10.0 Å². The number of thioether (sulfide) groups is 1. The van der Waals surface area contributed by atoms with Crippen molar-refractivity contribution < 1.29 is 22.7 Å². The van der Waals surface area contributed by atoms with Gasteiger partial charge in [-0.3, -0.25) is 13.9 Å². The summed E-state index contributed by atoms with van der Waals surface area (Å²) in [6.07, 6.45) is 3.28. The Bertz CT molecular complexity index is 1390. The molecule has 1 heterocycles. The number of rotatable bonds is 11. The number of carbonyl (C=O) groups excluding carboxylic acids is 2. The number of sulfonamides is 1. The average Bonchev–Trinajstić information content (AvgIpc) is 3.37. The molecule has 1 N–H and O–H groups in total. The van der Waals surface area contributed by atoms with E-state index in [1.54, 1.807) is 53.4 Å². The largest absolute Gasteiger partial charge is 0.492 e. The van der Waals surface area contributed by atoms with Crippen molar-refractivity contribution >= 4 is 45.0 Å². The van der Waals surface area contributed by atoms with Gasteiger partial charge in [0.05, 0.1) is 17.2 Å². The number of benzene rings is 3. The molecule has 1 saturated heterocycles. The Balaban J connectivity index is 1.56.